The molecule has 0 bridgehead atoms. The molecule has 3 aromatic carbocycles. The lowest BCUT2D eigenvalue weighted by molar-refractivity contribution is -0.137. The van der Waals surface area contributed by atoms with E-state index in [1.165, 1.54) is 11.1 Å². The summed E-state index contributed by atoms with van der Waals surface area (Å²) < 4.78 is 44.0. The van der Waals surface area contributed by atoms with Gasteiger partial charge >= 0.3 is 6.18 Å². The Labute approximate surface area is 169 Å². The number of allylic oxidation sites excluding steroid dienone is 1. The summed E-state index contributed by atoms with van der Waals surface area (Å²) in [5.74, 6) is 0.738. The first kappa shape index (κ1) is 20.7. The van der Waals surface area contributed by atoms with E-state index in [2.05, 4.69) is 12.1 Å². The van der Waals surface area contributed by atoms with Crippen molar-refractivity contribution in [3.05, 3.63) is 107 Å². The largest absolute Gasteiger partial charge is 0.497 e. The van der Waals surface area contributed by atoms with E-state index in [4.69, 9.17) is 4.74 Å². The van der Waals surface area contributed by atoms with Crippen molar-refractivity contribution in [3.8, 4) is 5.75 Å². The lowest BCUT2D eigenvalue weighted by Gasteiger charge is -2.16. The van der Waals surface area contributed by atoms with Crippen LogP contribution in [-0.2, 0) is 12.6 Å². The second-order valence-corrected chi connectivity index (χ2v) is 6.99. The van der Waals surface area contributed by atoms with Crippen LogP contribution < -0.4 is 4.74 Å². The number of alkyl halides is 3. The molecule has 0 saturated carbocycles. The minimum Gasteiger partial charge on any atom is -0.497 e. The second-order valence-electron chi connectivity index (χ2n) is 6.99. The molecule has 4 heteroatoms. The zero-order chi connectivity index (χ0) is 20.9. The van der Waals surface area contributed by atoms with Crippen LogP contribution in [0.2, 0.25) is 0 Å². The van der Waals surface area contributed by atoms with E-state index < -0.39 is 11.7 Å². The van der Waals surface area contributed by atoms with Gasteiger partial charge in [-0.05, 0) is 59.9 Å². The van der Waals surface area contributed by atoms with Gasteiger partial charge in [0.25, 0.3) is 0 Å². The molecule has 0 spiro atoms. The lowest BCUT2D eigenvalue weighted by Crippen LogP contribution is -2.06. The summed E-state index contributed by atoms with van der Waals surface area (Å²) in [6, 6.07) is 21.2. The normalized spacial score (nSPS) is 12.9. The first-order valence-electron chi connectivity index (χ1n) is 9.41. The highest BCUT2D eigenvalue weighted by Gasteiger charge is 2.30. The number of methoxy groups -OCH3 is 1. The zero-order valence-corrected chi connectivity index (χ0v) is 16.4. The van der Waals surface area contributed by atoms with Gasteiger partial charge in [0.05, 0.1) is 12.7 Å². The molecule has 29 heavy (non-hydrogen) atoms. The van der Waals surface area contributed by atoms with E-state index in [1.807, 2.05) is 55.5 Å². The Morgan fingerprint density at radius 2 is 1.55 bits per heavy atom. The topological polar surface area (TPSA) is 9.23 Å². The fourth-order valence-corrected chi connectivity index (χ4v) is 3.23. The van der Waals surface area contributed by atoms with Crippen LogP contribution in [0.1, 0.15) is 33.7 Å². The minimum absolute atomic E-state index is 0.0412. The second kappa shape index (κ2) is 8.99. The highest BCUT2D eigenvalue weighted by Crippen LogP contribution is 2.32. The molecule has 0 aliphatic heterocycles. The molecule has 0 saturated heterocycles. The van der Waals surface area contributed by atoms with Gasteiger partial charge in [-0.15, -0.1) is 0 Å². The maximum Gasteiger partial charge on any atom is 0.416 e. The summed E-state index contributed by atoms with van der Waals surface area (Å²) >= 11 is 0. The summed E-state index contributed by atoms with van der Waals surface area (Å²) in [6.45, 7) is 2.05. The van der Waals surface area contributed by atoms with Crippen molar-refractivity contribution in [2.75, 3.05) is 7.11 Å². The summed E-state index contributed by atoms with van der Waals surface area (Å²) in [6.07, 6.45) is 0.435. The molecule has 1 atom stereocenters. The third kappa shape index (κ3) is 5.50. The zero-order valence-electron chi connectivity index (χ0n) is 16.4. The van der Waals surface area contributed by atoms with Crippen LogP contribution in [0.4, 0.5) is 13.2 Å². The van der Waals surface area contributed by atoms with E-state index in [9.17, 15) is 13.2 Å². The molecule has 0 heterocycles. The quantitative estimate of drug-likeness (QED) is 0.433. The maximum absolute atomic E-state index is 12.9. The Morgan fingerprint density at radius 3 is 2.14 bits per heavy atom. The Hall–Kier alpha value is -3.01. The average Bonchev–Trinajstić information content (AvgIpc) is 2.72. The molecule has 0 radical (unpaired) electrons. The van der Waals surface area contributed by atoms with Gasteiger partial charge in [0.15, 0.2) is 0 Å². The molecular weight excluding hydrogens is 373 g/mol. The number of halogens is 3. The van der Waals surface area contributed by atoms with Crippen molar-refractivity contribution in [1.82, 2.24) is 0 Å². The van der Waals surface area contributed by atoms with Crippen molar-refractivity contribution in [3.63, 3.8) is 0 Å². The summed E-state index contributed by atoms with van der Waals surface area (Å²) in [4.78, 5) is 0. The van der Waals surface area contributed by atoms with Gasteiger partial charge in [-0.25, -0.2) is 0 Å². The highest BCUT2D eigenvalue weighted by atomic mass is 19.4. The number of hydrogen-bond donors (Lipinski definition) is 0. The number of benzene rings is 3. The molecule has 0 aromatic heterocycles. The molecule has 0 aliphatic carbocycles. The molecule has 150 valence electrons. The first-order valence-corrected chi connectivity index (χ1v) is 9.41. The van der Waals surface area contributed by atoms with E-state index >= 15 is 0 Å². The summed E-state index contributed by atoms with van der Waals surface area (Å²) in [5, 5.41) is 0. The fourth-order valence-electron chi connectivity index (χ4n) is 3.23. The van der Waals surface area contributed by atoms with Crippen LogP contribution in [-0.4, -0.2) is 7.11 Å². The van der Waals surface area contributed by atoms with E-state index in [1.54, 1.807) is 19.2 Å². The van der Waals surface area contributed by atoms with Crippen LogP contribution in [0.5, 0.6) is 5.75 Å². The molecule has 3 rings (SSSR count). The molecule has 0 amide bonds. The Balaban J connectivity index is 1.90. The van der Waals surface area contributed by atoms with Crippen molar-refractivity contribution in [2.45, 2.75) is 25.4 Å². The van der Waals surface area contributed by atoms with Crippen molar-refractivity contribution in [2.24, 2.45) is 0 Å². The number of rotatable bonds is 6. The van der Waals surface area contributed by atoms with E-state index in [0.717, 1.165) is 29.0 Å². The first-order chi connectivity index (χ1) is 13.9. The SMILES string of the molecule is COc1ccc(/C=C/C(Cc2ccccc2C)c2ccc(C(F)(F)F)cc2)cc1. The summed E-state index contributed by atoms with van der Waals surface area (Å²) in [7, 11) is 1.62. The molecule has 0 N–H and O–H groups in total. The third-order valence-corrected chi connectivity index (χ3v) is 5.00. The number of hydrogen-bond acceptors (Lipinski definition) is 1. The highest BCUT2D eigenvalue weighted by molar-refractivity contribution is 5.52. The molecule has 1 nitrogen and oxygen atoms in total. The summed E-state index contributed by atoms with van der Waals surface area (Å²) in [5.41, 5.74) is 3.58. The van der Waals surface area contributed by atoms with Gasteiger partial charge in [-0.3, -0.25) is 0 Å². The molecule has 1 unspecified atom stereocenters. The Morgan fingerprint density at radius 1 is 0.897 bits per heavy atom. The molecule has 3 aromatic rings. The van der Waals surface area contributed by atoms with Crippen LogP contribution >= 0.6 is 0 Å². The van der Waals surface area contributed by atoms with Gasteiger partial charge in [0.1, 0.15) is 5.75 Å². The van der Waals surface area contributed by atoms with Gasteiger partial charge in [-0.1, -0.05) is 60.7 Å². The average molecular weight is 396 g/mol. The molecule has 0 aliphatic rings. The number of ether oxygens (including phenoxy) is 1. The third-order valence-electron chi connectivity index (χ3n) is 5.00. The van der Waals surface area contributed by atoms with E-state index in [0.29, 0.717) is 6.42 Å². The fraction of sp³-hybridized carbons (Fsp3) is 0.200. The molecular formula is C25H23F3O. The van der Waals surface area contributed by atoms with Crippen LogP contribution in [0.25, 0.3) is 6.08 Å². The standard InChI is InChI=1S/C25H23F3O/c1-18-5-3-4-6-21(18)17-22(10-7-19-8-15-24(29-2)16-9-19)20-11-13-23(14-12-20)25(26,27)28/h3-16,22H,17H2,1-2H3/b10-7+. The van der Waals surface area contributed by atoms with Gasteiger partial charge in [0, 0.05) is 5.92 Å². The van der Waals surface area contributed by atoms with E-state index in [-0.39, 0.29) is 5.92 Å². The minimum atomic E-state index is -4.33. The maximum atomic E-state index is 12.9. The van der Waals surface area contributed by atoms with Gasteiger partial charge < -0.3 is 4.74 Å². The van der Waals surface area contributed by atoms with Gasteiger partial charge in [-0.2, -0.15) is 13.2 Å². The van der Waals surface area contributed by atoms with Crippen LogP contribution in [0, 0.1) is 6.92 Å². The van der Waals surface area contributed by atoms with Crippen molar-refractivity contribution in [1.29, 1.82) is 0 Å². The number of aryl methyl sites for hydroxylation is 1. The van der Waals surface area contributed by atoms with Crippen molar-refractivity contribution >= 4 is 6.08 Å². The predicted molar refractivity (Wildman–Crippen MR) is 111 cm³/mol. The Bertz CT molecular complexity index is 955. The smallest absolute Gasteiger partial charge is 0.416 e. The van der Waals surface area contributed by atoms with Crippen molar-refractivity contribution < 1.29 is 17.9 Å². The molecule has 0 fully saturated rings. The van der Waals surface area contributed by atoms with Gasteiger partial charge in [0.2, 0.25) is 0 Å². The lowest BCUT2D eigenvalue weighted by atomic mass is 9.89. The monoisotopic (exact) mass is 396 g/mol. The Kier molecular flexibility index (Phi) is 6.42. The predicted octanol–water partition coefficient (Wildman–Crippen LogP) is 7.06. The van der Waals surface area contributed by atoms with Crippen LogP contribution in [0.15, 0.2) is 78.9 Å². The van der Waals surface area contributed by atoms with Crippen LogP contribution in [0.3, 0.4) is 0 Å².